The zero-order chi connectivity index (χ0) is 27.4. The average molecular weight is 522 g/mol. The van der Waals surface area contributed by atoms with Gasteiger partial charge in [0.1, 0.15) is 29.8 Å². The summed E-state index contributed by atoms with van der Waals surface area (Å²) in [5, 5.41) is 6.53. The number of halogens is 1. The summed E-state index contributed by atoms with van der Waals surface area (Å²) < 4.78 is 29.6. The standard InChI is InChI=1S/C29H32FN3O5/c1-29(2,3)38-28(35)32-26(20-36-18-22-7-5-4-6-8-22)27(34)33-31-17-21-11-15-25(16-12-21)37-19-23-9-13-24(30)14-10-23/h4-17,26H,18-20H2,1-3H3,(H,32,35)(H,33,34)/b31-17-/t26-/m0/s1. The number of carbonyl (C=O) groups is 2. The molecule has 0 unspecified atom stereocenters. The molecular formula is C29H32FN3O5. The molecule has 0 spiro atoms. The van der Waals surface area contributed by atoms with Gasteiger partial charge in [0.25, 0.3) is 5.91 Å². The molecule has 3 rings (SSSR count). The highest BCUT2D eigenvalue weighted by Gasteiger charge is 2.24. The molecule has 2 amide bonds. The number of carbonyl (C=O) groups excluding carboxylic acids is 2. The van der Waals surface area contributed by atoms with Crippen LogP contribution in [0.15, 0.2) is 84.0 Å². The quantitative estimate of drug-likeness (QED) is 0.274. The molecule has 0 radical (unpaired) electrons. The van der Waals surface area contributed by atoms with Crippen molar-refractivity contribution in [3.05, 3.63) is 101 Å². The van der Waals surface area contributed by atoms with Crippen LogP contribution in [0.3, 0.4) is 0 Å². The molecule has 0 aliphatic rings. The van der Waals surface area contributed by atoms with E-state index in [4.69, 9.17) is 14.2 Å². The minimum absolute atomic E-state index is 0.0738. The lowest BCUT2D eigenvalue weighted by Crippen LogP contribution is -2.49. The fourth-order valence-electron chi connectivity index (χ4n) is 3.15. The molecule has 8 nitrogen and oxygen atoms in total. The zero-order valence-electron chi connectivity index (χ0n) is 21.6. The van der Waals surface area contributed by atoms with Crippen LogP contribution in [0.5, 0.6) is 5.75 Å². The van der Waals surface area contributed by atoms with Gasteiger partial charge in [-0.2, -0.15) is 5.10 Å². The second-order valence-corrected chi connectivity index (χ2v) is 9.42. The van der Waals surface area contributed by atoms with Gasteiger partial charge < -0.3 is 19.5 Å². The molecule has 0 heterocycles. The molecule has 0 aliphatic heterocycles. The topological polar surface area (TPSA) is 98.2 Å². The van der Waals surface area contributed by atoms with Crippen LogP contribution < -0.4 is 15.5 Å². The molecule has 200 valence electrons. The van der Waals surface area contributed by atoms with Gasteiger partial charge in [-0.25, -0.2) is 14.6 Å². The molecule has 0 bridgehead atoms. The van der Waals surface area contributed by atoms with E-state index < -0.39 is 23.6 Å². The van der Waals surface area contributed by atoms with Crippen molar-refractivity contribution >= 4 is 18.2 Å². The van der Waals surface area contributed by atoms with E-state index in [1.165, 1.54) is 18.3 Å². The van der Waals surface area contributed by atoms with E-state index >= 15 is 0 Å². The summed E-state index contributed by atoms with van der Waals surface area (Å²) >= 11 is 0. The number of alkyl carbamates (subject to hydrolysis) is 1. The molecule has 0 aromatic heterocycles. The Bertz CT molecular complexity index is 1190. The molecular weight excluding hydrogens is 489 g/mol. The zero-order valence-corrected chi connectivity index (χ0v) is 21.6. The number of ether oxygens (including phenoxy) is 3. The number of hydrogen-bond donors (Lipinski definition) is 2. The van der Waals surface area contributed by atoms with E-state index in [0.717, 1.165) is 16.7 Å². The summed E-state index contributed by atoms with van der Waals surface area (Å²) in [6.07, 6.45) is 0.734. The Kier molecular flexibility index (Phi) is 10.4. The summed E-state index contributed by atoms with van der Waals surface area (Å²) in [6, 6.07) is 21.6. The van der Waals surface area contributed by atoms with Crippen molar-refractivity contribution in [2.75, 3.05) is 6.61 Å². The average Bonchev–Trinajstić information content (AvgIpc) is 2.88. The number of rotatable bonds is 11. The second-order valence-electron chi connectivity index (χ2n) is 9.42. The Labute approximate surface area is 221 Å². The maximum Gasteiger partial charge on any atom is 0.408 e. The normalized spacial score (nSPS) is 12.1. The van der Waals surface area contributed by atoms with E-state index in [1.54, 1.807) is 57.2 Å². The Hall–Kier alpha value is -4.24. The van der Waals surface area contributed by atoms with Gasteiger partial charge in [0.05, 0.1) is 19.4 Å². The van der Waals surface area contributed by atoms with Crippen molar-refractivity contribution < 1.29 is 28.2 Å². The van der Waals surface area contributed by atoms with Gasteiger partial charge in [0.2, 0.25) is 0 Å². The van der Waals surface area contributed by atoms with Gasteiger partial charge in [-0.05, 0) is 73.9 Å². The highest BCUT2D eigenvalue weighted by atomic mass is 19.1. The van der Waals surface area contributed by atoms with Crippen molar-refractivity contribution in [2.45, 2.75) is 45.6 Å². The largest absolute Gasteiger partial charge is 0.489 e. The molecule has 9 heteroatoms. The smallest absolute Gasteiger partial charge is 0.408 e. The van der Waals surface area contributed by atoms with E-state index in [-0.39, 0.29) is 19.0 Å². The van der Waals surface area contributed by atoms with Gasteiger partial charge in [-0.1, -0.05) is 42.5 Å². The third-order valence-electron chi connectivity index (χ3n) is 4.99. The monoisotopic (exact) mass is 521 g/mol. The van der Waals surface area contributed by atoms with Crippen molar-refractivity contribution in [1.29, 1.82) is 0 Å². The summed E-state index contributed by atoms with van der Waals surface area (Å²) in [5.74, 6) is -0.219. The Balaban J connectivity index is 1.52. The van der Waals surface area contributed by atoms with E-state index in [0.29, 0.717) is 12.4 Å². The number of hydrazone groups is 1. The first-order chi connectivity index (χ1) is 18.2. The predicted octanol–water partition coefficient (Wildman–Crippen LogP) is 4.96. The van der Waals surface area contributed by atoms with Crippen molar-refractivity contribution in [1.82, 2.24) is 10.7 Å². The van der Waals surface area contributed by atoms with Crippen LogP contribution >= 0.6 is 0 Å². The lowest BCUT2D eigenvalue weighted by atomic mass is 10.2. The molecule has 0 fully saturated rings. The number of hydrogen-bond acceptors (Lipinski definition) is 6. The fourth-order valence-corrected chi connectivity index (χ4v) is 3.15. The second kappa shape index (κ2) is 13.9. The first-order valence-electron chi connectivity index (χ1n) is 12.1. The van der Waals surface area contributed by atoms with Gasteiger partial charge in [0.15, 0.2) is 0 Å². The summed E-state index contributed by atoms with van der Waals surface area (Å²) in [6.45, 7) is 5.71. The number of nitrogens with zero attached hydrogens (tertiary/aromatic N) is 1. The maximum absolute atomic E-state index is 13.0. The minimum Gasteiger partial charge on any atom is -0.489 e. The van der Waals surface area contributed by atoms with Gasteiger partial charge in [-0.3, -0.25) is 4.79 Å². The molecule has 3 aromatic rings. The third-order valence-corrected chi connectivity index (χ3v) is 4.99. The van der Waals surface area contributed by atoms with E-state index in [1.807, 2.05) is 30.3 Å². The summed E-state index contributed by atoms with van der Waals surface area (Å²) in [7, 11) is 0. The number of nitrogens with one attached hydrogen (secondary N) is 2. The molecule has 0 aliphatic carbocycles. The SMILES string of the molecule is CC(C)(C)OC(=O)N[C@@H](COCc1ccccc1)C(=O)N/N=C\c1ccc(OCc2ccc(F)cc2)cc1. The van der Waals surface area contributed by atoms with Crippen molar-refractivity contribution in [3.63, 3.8) is 0 Å². The first-order valence-corrected chi connectivity index (χ1v) is 12.1. The van der Waals surface area contributed by atoms with Crippen molar-refractivity contribution in [3.8, 4) is 5.75 Å². The molecule has 0 saturated heterocycles. The fraction of sp³-hybridized carbons (Fsp3) is 0.276. The van der Waals surface area contributed by atoms with E-state index in [2.05, 4.69) is 15.8 Å². The Morgan fingerprint density at radius 2 is 1.58 bits per heavy atom. The van der Waals surface area contributed by atoms with Crippen LogP contribution in [0.4, 0.5) is 9.18 Å². The van der Waals surface area contributed by atoms with Crippen LogP contribution in [-0.4, -0.2) is 36.5 Å². The first kappa shape index (κ1) is 28.3. The van der Waals surface area contributed by atoms with Crippen LogP contribution in [0, 0.1) is 5.82 Å². The minimum atomic E-state index is -1.02. The van der Waals surface area contributed by atoms with Gasteiger partial charge in [-0.15, -0.1) is 0 Å². The summed E-state index contributed by atoms with van der Waals surface area (Å²) in [5.41, 5.74) is 4.22. The van der Waals surface area contributed by atoms with Crippen LogP contribution in [0.1, 0.15) is 37.5 Å². The lowest BCUT2D eigenvalue weighted by molar-refractivity contribution is -0.124. The summed E-state index contributed by atoms with van der Waals surface area (Å²) in [4.78, 5) is 25.0. The van der Waals surface area contributed by atoms with E-state index in [9.17, 15) is 14.0 Å². The van der Waals surface area contributed by atoms with Crippen molar-refractivity contribution in [2.24, 2.45) is 5.10 Å². The molecule has 1 atom stereocenters. The molecule has 38 heavy (non-hydrogen) atoms. The van der Waals surface area contributed by atoms with Crippen LogP contribution in [0.25, 0.3) is 0 Å². The molecule has 3 aromatic carbocycles. The van der Waals surface area contributed by atoms with Crippen LogP contribution in [0.2, 0.25) is 0 Å². The highest BCUT2D eigenvalue weighted by Crippen LogP contribution is 2.14. The lowest BCUT2D eigenvalue weighted by Gasteiger charge is -2.22. The van der Waals surface area contributed by atoms with Gasteiger partial charge in [0, 0.05) is 0 Å². The Morgan fingerprint density at radius 1 is 0.921 bits per heavy atom. The maximum atomic E-state index is 13.0. The number of benzene rings is 3. The third kappa shape index (κ3) is 10.4. The van der Waals surface area contributed by atoms with Gasteiger partial charge >= 0.3 is 6.09 Å². The molecule has 0 saturated carbocycles. The predicted molar refractivity (Wildman–Crippen MR) is 142 cm³/mol. The molecule has 2 N–H and O–H groups in total. The van der Waals surface area contributed by atoms with Crippen LogP contribution in [-0.2, 0) is 27.5 Å². The Morgan fingerprint density at radius 3 is 2.24 bits per heavy atom. The highest BCUT2D eigenvalue weighted by molar-refractivity contribution is 5.87. The number of amides is 2.